The van der Waals surface area contributed by atoms with E-state index in [1.54, 1.807) is 0 Å². The lowest BCUT2D eigenvalue weighted by Crippen LogP contribution is -2.00. The normalized spacial score (nSPS) is 19.1. The third-order valence-corrected chi connectivity index (χ3v) is 3.28. The molecule has 15 heavy (non-hydrogen) atoms. The Morgan fingerprint density at radius 3 is 2.87 bits per heavy atom. The maximum Gasteiger partial charge on any atom is -0.0143 e. The summed E-state index contributed by atoms with van der Waals surface area (Å²) < 4.78 is 0. The van der Waals surface area contributed by atoms with Gasteiger partial charge in [-0.3, -0.25) is 0 Å². The molecule has 1 aliphatic carbocycles. The van der Waals surface area contributed by atoms with Gasteiger partial charge < -0.3 is 0 Å². The Balaban J connectivity index is 2.41. The standard InChI is InChI=1S/C15H14/c1-11-5-4-7-13-10-9-12-6-2-3-8-14(12)15(11)13/h2-4,6-11H,5H2,1H3. The van der Waals surface area contributed by atoms with Crippen molar-refractivity contribution in [1.29, 1.82) is 0 Å². The molecule has 3 rings (SSSR count). The third kappa shape index (κ3) is 1.29. The maximum absolute atomic E-state index is 2.31. The van der Waals surface area contributed by atoms with Gasteiger partial charge in [0, 0.05) is 0 Å². The van der Waals surface area contributed by atoms with Crippen molar-refractivity contribution in [1.82, 2.24) is 0 Å². The van der Waals surface area contributed by atoms with Crippen LogP contribution in [0.2, 0.25) is 0 Å². The van der Waals surface area contributed by atoms with Gasteiger partial charge in [0.25, 0.3) is 0 Å². The number of hydrogen-bond donors (Lipinski definition) is 0. The highest BCUT2D eigenvalue weighted by atomic mass is 14.2. The van der Waals surface area contributed by atoms with Crippen LogP contribution in [0.3, 0.4) is 0 Å². The first-order valence-electron chi connectivity index (χ1n) is 5.54. The topological polar surface area (TPSA) is 0 Å². The molecule has 0 aliphatic heterocycles. The van der Waals surface area contributed by atoms with Crippen molar-refractivity contribution in [2.24, 2.45) is 0 Å². The van der Waals surface area contributed by atoms with Gasteiger partial charge in [-0.1, -0.05) is 55.5 Å². The molecule has 0 saturated heterocycles. The summed E-state index contributed by atoms with van der Waals surface area (Å²) in [6.45, 7) is 2.31. The number of fused-ring (bicyclic) bond motifs is 3. The Kier molecular flexibility index (Phi) is 1.88. The van der Waals surface area contributed by atoms with E-state index in [9.17, 15) is 0 Å². The van der Waals surface area contributed by atoms with E-state index in [2.05, 4.69) is 55.5 Å². The van der Waals surface area contributed by atoms with Crippen LogP contribution < -0.4 is 0 Å². The number of benzene rings is 2. The zero-order valence-corrected chi connectivity index (χ0v) is 8.90. The molecule has 0 fully saturated rings. The monoisotopic (exact) mass is 194 g/mol. The van der Waals surface area contributed by atoms with Gasteiger partial charge in [-0.2, -0.15) is 0 Å². The predicted molar refractivity (Wildman–Crippen MR) is 66.0 cm³/mol. The minimum atomic E-state index is 0.649. The van der Waals surface area contributed by atoms with Crippen LogP contribution in [0.25, 0.3) is 16.8 Å². The van der Waals surface area contributed by atoms with Gasteiger partial charge in [0.1, 0.15) is 0 Å². The number of allylic oxidation sites excluding steroid dienone is 1. The molecule has 0 N–H and O–H groups in total. The third-order valence-electron chi connectivity index (χ3n) is 3.28. The number of rotatable bonds is 0. The summed E-state index contributed by atoms with van der Waals surface area (Å²) in [5.74, 6) is 0.649. The molecule has 0 radical (unpaired) electrons. The van der Waals surface area contributed by atoms with E-state index < -0.39 is 0 Å². The van der Waals surface area contributed by atoms with Crippen LogP contribution in [0.5, 0.6) is 0 Å². The average molecular weight is 194 g/mol. The van der Waals surface area contributed by atoms with Crippen molar-refractivity contribution in [2.75, 3.05) is 0 Å². The first-order valence-corrected chi connectivity index (χ1v) is 5.54. The second-order valence-corrected chi connectivity index (χ2v) is 4.33. The highest BCUT2D eigenvalue weighted by Gasteiger charge is 2.14. The lowest BCUT2D eigenvalue weighted by Gasteiger charge is -2.20. The molecule has 0 saturated carbocycles. The molecule has 0 spiro atoms. The molecule has 2 aromatic rings. The second kappa shape index (κ2) is 3.23. The molecule has 0 heterocycles. The summed E-state index contributed by atoms with van der Waals surface area (Å²) in [5, 5.41) is 2.78. The minimum absolute atomic E-state index is 0.649. The van der Waals surface area contributed by atoms with Crippen molar-refractivity contribution in [3.05, 3.63) is 53.6 Å². The predicted octanol–water partition coefficient (Wildman–Crippen LogP) is 4.36. The molecule has 1 atom stereocenters. The largest absolute Gasteiger partial charge is 0.0833 e. The molecule has 74 valence electrons. The van der Waals surface area contributed by atoms with Crippen molar-refractivity contribution in [2.45, 2.75) is 19.3 Å². The molecule has 0 nitrogen and oxygen atoms in total. The molecular weight excluding hydrogens is 180 g/mol. The van der Waals surface area contributed by atoms with Crippen LogP contribution >= 0.6 is 0 Å². The van der Waals surface area contributed by atoms with E-state index >= 15 is 0 Å². The van der Waals surface area contributed by atoms with E-state index in [-0.39, 0.29) is 0 Å². The Labute approximate surface area is 90.2 Å². The Bertz CT molecular complexity index is 535. The van der Waals surface area contributed by atoms with Crippen molar-refractivity contribution in [3.8, 4) is 0 Å². The van der Waals surface area contributed by atoms with Crippen molar-refractivity contribution in [3.63, 3.8) is 0 Å². The van der Waals surface area contributed by atoms with Gasteiger partial charge in [0.15, 0.2) is 0 Å². The molecule has 1 aliphatic rings. The Hall–Kier alpha value is -1.56. The van der Waals surface area contributed by atoms with Crippen LogP contribution in [0.1, 0.15) is 30.4 Å². The summed E-state index contributed by atoms with van der Waals surface area (Å²) in [6, 6.07) is 13.1. The van der Waals surface area contributed by atoms with Crippen LogP contribution in [-0.4, -0.2) is 0 Å². The van der Waals surface area contributed by atoms with E-state index in [1.165, 1.54) is 28.3 Å². The minimum Gasteiger partial charge on any atom is -0.0833 e. The summed E-state index contributed by atoms with van der Waals surface area (Å²) in [6.07, 6.45) is 5.70. The lowest BCUT2D eigenvalue weighted by molar-refractivity contribution is 0.779. The zero-order valence-electron chi connectivity index (χ0n) is 8.90. The van der Waals surface area contributed by atoms with Gasteiger partial charge in [0.2, 0.25) is 0 Å². The molecule has 1 unspecified atom stereocenters. The molecule has 0 bridgehead atoms. The van der Waals surface area contributed by atoms with E-state index in [1.807, 2.05) is 0 Å². The fourth-order valence-electron chi connectivity index (χ4n) is 2.52. The molecule has 0 aromatic heterocycles. The van der Waals surface area contributed by atoms with E-state index in [0.29, 0.717) is 5.92 Å². The lowest BCUT2D eigenvalue weighted by atomic mass is 9.85. The Morgan fingerprint density at radius 1 is 1.07 bits per heavy atom. The van der Waals surface area contributed by atoms with Gasteiger partial charge in [-0.15, -0.1) is 0 Å². The number of hydrogen-bond acceptors (Lipinski definition) is 0. The molecule has 0 heteroatoms. The average Bonchev–Trinajstić information content (AvgIpc) is 2.29. The first-order chi connectivity index (χ1) is 7.36. The molecule has 2 aromatic carbocycles. The highest BCUT2D eigenvalue weighted by Crippen LogP contribution is 2.34. The fraction of sp³-hybridized carbons (Fsp3) is 0.200. The fourth-order valence-corrected chi connectivity index (χ4v) is 2.52. The smallest absolute Gasteiger partial charge is 0.0143 e. The Morgan fingerprint density at radius 2 is 1.93 bits per heavy atom. The summed E-state index contributed by atoms with van der Waals surface area (Å²) in [4.78, 5) is 0. The summed E-state index contributed by atoms with van der Waals surface area (Å²) >= 11 is 0. The second-order valence-electron chi connectivity index (χ2n) is 4.33. The van der Waals surface area contributed by atoms with Gasteiger partial charge in [-0.25, -0.2) is 0 Å². The van der Waals surface area contributed by atoms with Crippen molar-refractivity contribution < 1.29 is 0 Å². The van der Waals surface area contributed by atoms with Crippen molar-refractivity contribution >= 4 is 16.8 Å². The van der Waals surface area contributed by atoms with Gasteiger partial charge in [-0.05, 0) is 34.2 Å². The molecular formula is C15H14. The SMILES string of the molecule is CC1CC=Cc2ccc3ccccc3c21. The van der Waals surface area contributed by atoms with E-state index in [0.717, 1.165) is 0 Å². The van der Waals surface area contributed by atoms with Crippen LogP contribution in [0.15, 0.2) is 42.5 Å². The van der Waals surface area contributed by atoms with Crippen LogP contribution in [0, 0.1) is 0 Å². The highest BCUT2D eigenvalue weighted by molar-refractivity contribution is 5.89. The summed E-state index contributed by atoms with van der Waals surface area (Å²) in [7, 11) is 0. The van der Waals surface area contributed by atoms with Gasteiger partial charge in [0.05, 0.1) is 0 Å². The van der Waals surface area contributed by atoms with Gasteiger partial charge >= 0.3 is 0 Å². The zero-order chi connectivity index (χ0) is 10.3. The van der Waals surface area contributed by atoms with Crippen LogP contribution in [-0.2, 0) is 0 Å². The van der Waals surface area contributed by atoms with Crippen LogP contribution in [0.4, 0.5) is 0 Å². The van der Waals surface area contributed by atoms with E-state index in [4.69, 9.17) is 0 Å². The quantitative estimate of drug-likeness (QED) is 0.584. The maximum atomic E-state index is 2.31. The summed E-state index contributed by atoms with van der Waals surface area (Å²) in [5.41, 5.74) is 2.92. The molecule has 0 amide bonds. The first kappa shape index (κ1) is 8.72.